The summed E-state index contributed by atoms with van der Waals surface area (Å²) in [5, 5.41) is 19.4. The van der Waals surface area contributed by atoms with Crippen LogP contribution >= 0.6 is 11.6 Å². The van der Waals surface area contributed by atoms with E-state index in [1.807, 2.05) is 36.9 Å². The molecular weight excluding hydrogens is 474 g/mol. The molecule has 0 aliphatic carbocycles. The fourth-order valence-corrected chi connectivity index (χ4v) is 5.51. The maximum atomic E-state index is 14.1. The summed E-state index contributed by atoms with van der Waals surface area (Å²) in [7, 11) is 0. The van der Waals surface area contributed by atoms with Crippen LogP contribution in [0.2, 0.25) is 5.02 Å². The Bertz CT molecular complexity index is 1370. The number of fused-ring (bicyclic) bond motifs is 3. The van der Waals surface area contributed by atoms with E-state index in [0.717, 1.165) is 48.4 Å². The van der Waals surface area contributed by atoms with Crippen LogP contribution in [0.4, 0.5) is 20.5 Å². The highest BCUT2D eigenvalue weighted by atomic mass is 35.5. The zero-order valence-corrected chi connectivity index (χ0v) is 20.1. The first-order chi connectivity index (χ1) is 16.7. The summed E-state index contributed by atoms with van der Waals surface area (Å²) < 4.78 is 29.4. The van der Waals surface area contributed by atoms with Crippen molar-refractivity contribution in [3.8, 4) is 11.8 Å². The van der Waals surface area contributed by atoms with E-state index in [0.29, 0.717) is 31.2 Å². The van der Waals surface area contributed by atoms with E-state index < -0.39 is 17.2 Å². The predicted octanol–water partition coefficient (Wildman–Crippen LogP) is 3.54. The Balaban J connectivity index is 1.26. The highest BCUT2D eigenvalue weighted by Crippen LogP contribution is 2.44. The van der Waals surface area contributed by atoms with E-state index in [-0.39, 0.29) is 11.2 Å². The van der Waals surface area contributed by atoms with Crippen LogP contribution in [0.25, 0.3) is 5.69 Å². The van der Waals surface area contributed by atoms with Gasteiger partial charge < -0.3 is 9.80 Å². The van der Waals surface area contributed by atoms with Crippen LogP contribution < -0.4 is 9.80 Å². The van der Waals surface area contributed by atoms with Crippen molar-refractivity contribution in [2.45, 2.75) is 32.5 Å². The average molecular weight is 497 g/mol. The second-order valence-corrected chi connectivity index (χ2v) is 10.7. The third kappa shape index (κ3) is 3.53. The normalized spacial score (nSPS) is 18.9. The molecule has 2 fully saturated rings. The minimum absolute atomic E-state index is 0.0112. The van der Waals surface area contributed by atoms with Crippen LogP contribution in [0.1, 0.15) is 25.2 Å². The summed E-state index contributed by atoms with van der Waals surface area (Å²) in [5.74, 6) is 0.382. The van der Waals surface area contributed by atoms with Gasteiger partial charge in [-0.2, -0.15) is 5.26 Å². The smallest absolute Gasteiger partial charge is 0.231 e. The quantitative estimate of drug-likeness (QED) is 0.549. The maximum absolute atomic E-state index is 14.1. The molecule has 180 valence electrons. The van der Waals surface area contributed by atoms with Crippen molar-refractivity contribution >= 4 is 23.4 Å². The van der Waals surface area contributed by atoms with Gasteiger partial charge in [0.25, 0.3) is 0 Å². The largest absolute Gasteiger partial charge is 0.353 e. The first-order valence-electron chi connectivity index (χ1n) is 11.4. The molecule has 1 aromatic carbocycles. The molecule has 5 heterocycles. The predicted molar refractivity (Wildman–Crippen MR) is 126 cm³/mol. The number of anilines is 2. The number of hydrogen-bond acceptors (Lipinski definition) is 7. The van der Waals surface area contributed by atoms with Gasteiger partial charge in [0.1, 0.15) is 11.4 Å². The fourth-order valence-electron chi connectivity index (χ4n) is 5.32. The SMILES string of the molecule is CC(C)(C#N)N1Cc2cc(Cl)ccc2-n2c(nnc2N2CC3(CN(c4ncc(F)cc4F)C3)C2)C1. The third-order valence-electron chi connectivity index (χ3n) is 7.23. The summed E-state index contributed by atoms with van der Waals surface area (Å²) in [6, 6.07) is 9.01. The highest BCUT2D eigenvalue weighted by Gasteiger charge is 2.54. The van der Waals surface area contributed by atoms with Gasteiger partial charge in [0.2, 0.25) is 5.95 Å². The molecule has 3 aliphatic heterocycles. The maximum Gasteiger partial charge on any atom is 0.231 e. The molecular formula is C24H23ClF2N8. The molecule has 3 aliphatic rings. The molecule has 0 radical (unpaired) electrons. The number of aromatic nitrogens is 4. The summed E-state index contributed by atoms with van der Waals surface area (Å²) >= 11 is 6.32. The second-order valence-electron chi connectivity index (χ2n) is 10.2. The Kier molecular flexibility index (Phi) is 4.82. The lowest BCUT2D eigenvalue weighted by Gasteiger charge is -2.60. The molecule has 0 unspecified atom stereocenters. The molecule has 0 saturated carbocycles. The van der Waals surface area contributed by atoms with Gasteiger partial charge in [-0.05, 0) is 37.6 Å². The van der Waals surface area contributed by atoms with Gasteiger partial charge in [-0.15, -0.1) is 10.2 Å². The molecule has 11 heteroatoms. The Hall–Kier alpha value is -3.29. The van der Waals surface area contributed by atoms with E-state index in [2.05, 4.69) is 35.6 Å². The number of halogens is 3. The third-order valence-corrected chi connectivity index (χ3v) is 7.46. The average Bonchev–Trinajstić information content (AvgIpc) is 3.07. The number of hydrogen-bond donors (Lipinski definition) is 0. The van der Waals surface area contributed by atoms with Gasteiger partial charge in [0, 0.05) is 49.2 Å². The summed E-state index contributed by atoms with van der Waals surface area (Å²) in [5.41, 5.74) is 1.27. The molecule has 35 heavy (non-hydrogen) atoms. The Morgan fingerprint density at radius 3 is 2.51 bits per heavy atom. The van der Waals surface area contributed by atoms with Gasteiger partial charge in [0.15, 0.2) is 17.5 Å². The number of pyridine rings is 1. The number of nitrogens with zero attached hydrogens (tertiary/aromatic N) is 8. The van der Waals surface area contributed by atoms with Crippen LogP contribution in [-0.2, 0) is 13.1 Å². The van der Waals surface area contributed by atoms with Gasteiger partial charge in [0.05, 0.1) is 24.5 Å². The Morgan fingerprint density at radius 1 is 1.06 bits per heavy atom. The van der Waals surface area contributed by atoms with Gasteiger partial charge in [-0.1, -0.05) is 11.6 Å². The molecule has 3 aromatic rings. The van der Waals surface area contributed by atoms with E-state index in [4.69, 9.17) is 11.6 Å². The lowest BCUT2D eigenvalue weighted by Crippen LogP contribution is -2.73. The molecule has 2 saturated heterocycles. The molecule has 6 rings (SSSR count). The summed E-state index contributed by atoms with van der Waals surface area (Å²) in [6.07, 6.45) is 1.04. The standard InChI is InChI=1S/C24H23ClF2N8/c1-23(2,10-28)34-8-15-5-16(25)3-4-19(15)35-20(9-34)30-31-22(35)33-13-24(14-33)11-32(12-24)21-18(27)6-17(26)7-29-21/h3-7H,8-9,11-14H2,1-2H3. The van der Waals surface area contributed by atoms with Crippen molar-refractivity contribution in [2.24, 2.45) is 5.41 Å². The van der Waals surface area contributed by atoms with Crippen molar-refractivity contribution < 1.29 is 8.78 Å². The van der Waals surface area contributed by atoms with Crippen molar-refractivity contribution in [1.82, 2.24) is 24.6 Å². The van der Waals surface area contributed by atoms with E-state index in [1.54, 1.807) is 0 Å². The van der Waals surface area contributed by atoms with E-state index in [9.17, 15) is 14.0 Å². The Morgan fingerprint density at radius 2 is 1.80 bits per heavy atom. The van der Waals surface area contributed by atoms with Gasteiger partial charge in [-0.25, -0.2) is 13.8 Å². The van der Waals surface area contributed by atoms with Crippen LogP contribution in [0, 0.1) is 28.4 Å². The molecule has 2 aromatic heterocycles. The topological polar surface area (TPSA) is 77.1 Å². The second kappa shape index (κ2) is 7.60. The Labute approximate surface area is 206 Å². The lowest BCUT2D eigenvalue weighted by molar-refractivity contribution is 0.147. The summed E-state index contributed by atoms with van der Waals surface area (Å²) in [4.78, 5) is 10.0. The van der Waals surface area contributed by atoms with Crippen molar-refractivity contribution in [2.75, 3.05) is 36.0 Å². The highest BCUT2D eigenvalue weighted by molar-refractivity contribution is 6.30. The fraction of sp³-hybridized carbons (Fsp3) is 0.417. The first-order valence-corrected chi connectivity index (χ1v) is 11.8. The van der Waals surface area contributed by atoms with Crippen molar-refractivity contribution in [1.29, 1.82) is 5.26 Å². The number of rotatable bonds is 3. The lowest BCUT2D eigenvalue weighted by atomic mass is 9.73. The minimum Gasteiger partial charge on any atom is -0.353 e. The number of nitriles is 1. The zero-order chi connectivity index (χ0) is 24.5. The molecule has 8 nitrogen and oxygen atoms in total. The zero-order valence-electron chi connectivity index (χ0n) is 19.3. The van der Waals surface area contributed by atoms with Gasteiger partial charge in [-0.3, -0.25) is 9.47 Å². The molecule has 0 atom stereocenters. The number of benzene rings is 1. The minimum atomic E-state index is -0.694. The molecule has 0 N–H and O–H groups in total. The monoisotopic (exact) mass is 496 g/mol. The molecule has 0 amide bonds. The summed E-state index contributed by atoms with van der Waals surface area (Å²) in [6.45, 7) is 7.62. The first kappa shape index (κ1) is 22.2. The van der Waals surface area contributed by atoms with Crippen molar-refractivity contribution in [3.63, 3.8) is 0 Å². The molecule has 0 bridgehead atoms. The van der Waals surface area contributed by atoms with Crippen LogP contribution in [-0.4, -0.2) is 56.4 Å². The van der Waals surface area contributed by atoms with Gasteiger partial charge >= 0.3 is 0 Å². The van der Waals surface area contributed by atoms with Crippen LogP contribution in [0.3, 0.4) is 0 Å². The van der Waals surface area contributed by atoms with Crippen molar-refractivity contribution in [3.05, 3.63) is 58.5 Å². The van der Waals surface area contributed by atoms with E-state index >= 15 is 0 Å². The van der Waals surface area contributed by atoms with E-state index in [1.165, 1.54) is 0 Å². The molecule has 1 spiro atoms. The van der Waals surface area contributed by atoms with Crippen LogP contribution in [0.5, 0.6) is 0 Å². The van der Waals surface area contributed by atoms with Crippen LogP contribution in [0.15, 0.2) is 30.5 Å².